The molecule has 3 heteroatoms. The van der Waals surface area contributed by atoms with Crippen molar-refractivity contribution in [1.29, 1.82) is 0 Å². The van der Waals surface area contributed by atoms with Crippen LogP contribution < -0.4 is 0 Å². The lowest BCUT2D eigenvalue weighted by Gasteiger charge is -2.13. The van der Waals surface area contributed by atoms with Crippen LogP contribution in [0.15, 0.2) is 0 Å². The molecule has 0 aromatic carbocycles. The third-order valence-corrected chi connectivity index (χ3v) is 6.00. The van der Waals surface area contributed by atoms with Crippen LogP contribution in [-0.2, 0) is 4.79 Å². The molecule has 1 unspecified atom stereocenters. The van der Waals surface area contributed by atoms with Crippen molar-refractivity contribution in [2.75, 3.05) is 20.2 Å². The Balaban J connectivity index is 0.000000861. The van der Waals surface area contributed by atoms with Gasteiger partial charge in [-0.1, -0.05) is 104 Å². The van der Waals surface area contributed by atoms with Gasteiger partial charge in [0.05, 0.1) is 0 Å². The zero-order valence-corrected chi connectivity index (χ0v) is 19.5. The summed E-state index contributed by atoms with van der Waals surface area (Å²) < 4.78 is 0. The average Bonchev–Trinajstić information content (AvgIpc) is 3.08. The maximum absolute atomic E-state index is 10.5. The highest BCUT2D eigenvalue weighted by Gasteiger charge is 2.14. The Labute approximate surface area is 176 Å². The lowest BCUT2D eigenvalue weighted by molar-refractivity contribution is -0.126. The van der Waals surface area contributed by atoms with Gasteiger partial charge in [-0.2, -0.15) is 0 Å². The molecule has 1 aliphatic rings. The average molecular weight is 398 g/mol. The number of nitrogens with zero attached hydrogens (tertiary/aromatic N) is 1. The van der Waals surface area contributed by atoms with Crippen molar-refractivity contribution in [3.63, 3.8) is 0 Å². The van der Waals surface area contributed by atoms with Crippen molar-refractivity contribution >= 4 is 5.91 Å². The van der Waals surface area contributed by atoms with Crippen LogP contribution in [-0.4, -0.2) is 36.1 Å². The van der Waals surface area contributed by atoms with Gasteiger partial charge in [0.2, 0.25) is 5.91 Å². The number of rotatable bonds is 17. The fraction of sp³-hybridized carbons (Fsp3) is 0.960. The molecule has 1 fully saturated rings. The summed E-state index contributed by atoms with van der Waals surface area (Å²) in [5, 5.41) is 9.47. The van der Waals surface area contributed by atoms with Crippen molar-refractivity contribution < 1.29 is 9.90 Å². The molecule has 1 saturated heterocycles. The van der Waals surface area contributed by atoms with Gasteiger partial charge < -0.3 is 10.0 Å². The minimum Gasteiger partial charge on any atom is -0.396 e. The molecular formula is C25H51NO2. The number of hydrogen-bond donors (Lipinski definition) is 1. The summed E-state index contributed by atoms with van der Waals surface area (Å²) in [5.74, 6) is 0.872. The molecule has 1 aliphatic heterocycles. The van der Waals surface area contributed by atoms with Gasteiger partial charge in [0.1, 0.15) is 0 Å². The lowest BCUT2D eigenvalue weighted by atomic mass is 9.95. The van der Waals surface area contributed by atoms with Crippen LogP contribution in [0, 0.1) is 5.92 Å². The summed E-state index contributed by atoms with van der Waals surface area (Å²) in [4.78, 5) is 12.3. The standard InChI is InChI=1S/C20H42O.C5H9NO/c1-3-5-7-9-11-12-14-16-18-20(19-21)17-15-13-10-8-6-4-2;1-6-4-2-3-5(6)7/h20-21H,3-19H2,1-2H3;2-4H2,1H3. The molecule has 168 valence electrons. The summed E-state index contributed by atoms with van der Waals surface area (Å²) >= 11 is 0. The third kappa shape index (κ3) is 17.5. The zero-order chi connectivity index (χ0) is 20.9. The van der Waals surface area contributed by atoms with E-state index >= 15 is 0 Å². The molecule has 1 amide bonds. The van der Waals surface area contributed by atoms with Crippen LogP contribution in [0.3, 0.4) is 0 Å². The molecule has 0 aromatic rings. The van der Waals surface area contributed by atoms with E-state index in [2.05, 4.69) is 13.8 Å². The summed E-state index contributed by atoms with van der Waals surface area (Å²) in [6, 6.07) is 0. The fourth-order valence-electron chi connectivity index (χ4n) is 3.89. The molecule has 0 aromatic heterocycles. The summed E-state index contributed by atoms with van der Waals surface area (Å²) in [5.41, 5.74) is 0. The van der Waals surface area contributed by atoms with E-state index in [4.69, 9.17) is 0 Å². The number of carbonyl (C=O) groups is 1. The van der Waals surface area contributed by atoms with Crippen molar-refractivity contribution in [1.82, 2.24) is 4.90 Å². The second kappa shape index (κ2) is 21.1. The first-order valence-corrected chi connectivity index (χ1v) is 12.5. The number of hydrogen-bond acceptors (Lipinski definition) is 2. The van der Waals surface area contributed by atoms with Crippen LogP contribution in [0.2, 0.25) is 0 Å². The molecule has 0 bridgehead atoms. The zero-order valence-electron chi connectivity index (χ0n) is 19.5. The largest absolute Gasteiger partial charge is 0.396 e. The second-order valence-corrected chi connectivity index (χ2v) is 8.79. The van der Waals surface area contributed by atoms with E-state index in [9.17, 15) is 9.90 Å². The molecule has 1 heterocycles. The number of unbranched alkanes of at least 4 members (excludes halogenated alkanes) is 12. The van der Waals surface area contributed by atoms with Gasteiger partial charge >= 0.3 is 0 Å². The Bertz CT molecular complexity index is 333. The molecule has 0 spiro atoms. The summed E-state index contributed by atoms with van der Waals surface area (Å²) in [7, 11) is 1.84. The topological polar surface area (TPSA) is 40.5 Å². The highest BCUT2D eigenvalue weighted by molar-refractivity contribution is 5.77. The quantitative estimate of drug-likeness (QED) is 0.265. The van der Waals surface area contributed by atoms with Crippen molar-refractivity contribution in [2.24, 2.45) is 5.92 Å². The fourth-order valence-corrected chi connectivity index (χ4v) is 3.89. The van der Waals surface area contributed by atoms with E-state index in [1.54, 1.807) is 4.90 Å². The van der Waals surface area contributed by atoms with Crippen LogP contribution in [0.4, 0.5) is 0 Å². The van der Waals surface area contributed by atoms with Gasteiger partial charge in [0.15, 0.2) is 0 Å². The molecular weight excluding hydrogens is 346 g/mol. The van der Waals surface area contributed by atoms with E-state index < -0.39 is 0 Å². The first-order chi connectivity index (χ1) is 13.7. The minimum atomic E-state index is 0.292. The van der Waals surface area contributed by atoms with Crippen LogP contribution in [0.5, 0.6) is 0 Å². The van der Waals surface area contributed by atoms with Gasteiger partial charge in [0, 0.05) is 26.6 Å². The molecule has 3 nitrogen and oxygen atoms in total. The molecule has 1 N–H and O–H groups in total. The predicted molar refractivity (Wildman–Crippen MR) is 123 cm³/mol. The van der Waals surface area contributed by atoms with Gasteiger partial charge in [0.25, 0.3) is 0 Å². The molecule has 0 aliphatic carbocycles. The number of carbonyl (C=O) groups excluding carboxylic acids is 1. The first kappa shape index (κ1) is 27.4. The van der Waals surface area contributed by atoms with Gasteiger partial charge in [-0.05, 0) is 25.2 Å². The highest BCUT2D eigenvalue weighted by Crippen LogP contribution is 2.19. The Morgan fingerprint density at radius 1 is 0.786 bits per heavy atom. The third-order valence-electron chi connectivity index (χ3n) is 6.00. The lowest BCUT2D eigenvalue weighted by Crippen LogP contribution is -2.17. The molecule has 1 rings (SSSR count). The van der Waals surface area contributed by atoms with Crippen molar-refractivity contribution in [3.8, 4) is 0 Å². The minimum absolute atomic E-state index is 0.292. The predicted octanol–water partition coefficient (Wildman–Crippen LogP) is 7.11. The monoisotopic (exact) mass is 397 g/mol. The highest BCUT2D eigenvalue weighted by atomic mass is 16.3. The Morgan fingerprint density at radius 2 is 1.21 bits per heavy atom. The second-order valence-electron chi connectivity index (χ2n) is 8.79. The number of aliphatic hydroxyl groups is 1. The van der Waals surface area contributed by atoms with Crippen LogP contribution >= 0.6 is 0 Å². The maximum Gasteiger partial charge on any atom is 0.222 e. The molecule has 1 atom stereocenters. The SMILES string of the molecule is CCCCCCCCCCC(CO)CCCCCCCC.CN1CCCC1=O. The van der Waals surface area contributed by atoms with E-state index in [0.29, 0.717) is 18.4 Å². The van der Waals surface area contributed by atoms with Crippen molar-refractivity contribution in [3.05, 3.63) is 0 Å². The Kier molecular flexibility index (Phi) is 20.7. The Morgan fingerprint density at radius 3 is 1.50 bits per heavy atom. The molecule has 0 radical (unpaired) electrons. The number of aliphatic hydroxyl groups excluding tert-OH is 1. The van der Waals surface area contributed by atoms with Gasteiger partial charge in [-0.15, -0.1) is 0 Å². The van der Waals surface area contributed by atoms with Crippen molar-refractivity contribution in [2.45, 2.75) is 129 Å². The smallest absolute Gasteiger partial charge is 0.222 e. The molecule has 28 heavy (non-hydrogen) atoms. The van der Waals surface area contributed by atoms with Gasteiger partial charge in [-0.25, -0.2) is 0 Å². The van der Waals surface area contributed by atoms with E-state index in [1.165, 1.54) is 103 Å². The first-order valence-electron chi connectivity index (χ1n) is 12.5. The van der Waals surface area contributed by atoms with Crippen LogP contribution in [0.25, 0.3) is 0 Å². The van der Waals surface area contributed by atoms with E-state index in [0.717, 1.165) is 19.4 Å². The van der Waals surface area contributed by atoms with E-state index in [-0.39, 0.29) is 0 Å². The summed E-state index contributed by atoms with van der Waals surface area (Å²) in [6.07, 6.45) is 23.6. The Hall–Kier alpha value is -0.570. The summed E-state index contributed by atoms with van der Waals surface area (Å²) in [6.45, 7) is 5.91. The molecule has 0 saturated carbocycles. The van der Waals surface area contributed by atoms with E-state index in [1.807, 2.05) is 7.05 Å². The van der Waals surface area contributed by atoms with Gasteiger partial charge in [-0.3, -0.25) is 4.79 Å². The number of likely N-dealkylation sites (tertiary alicyclic amines) is 1. The normalized spacial score (nSPS) is 14.9. The van der Waals surface area contributed by atoms with Crippen LogP contribution in [0.1, 0.15) is 129 Å². The maximum atomic E-state index is 10.5. The number of amides is 1.